The number of benzene rings is 1. The molecule has 108 valence electrons. The highest BCUT2D eigenvalue weighted by atomic mass is 16.3. The maximum Gasteiger partial charge on any atom is 0.0517 e. The number of nitrogens with one attached hydrogen (secondary N) is 1. The molecule has 0 aromatic heterocycles. The van der Waals surface area contributed by atoms with Gasteiger partial charge < -0.3 is 15.3 Å². The summed E-state index contributed by atoms with van der Waals surface area (Å²) in [6, 6.07) is 8.59. The standard InChI is InChI=1S/C16H28N2O/c1-13(19)10-16(2,3)12-17-11-14-6-8-15(9-7-14)18(4)5/h6-9,13,17,19H,10-12H2,1-5H3. The van der Waals surface area contributed by atoms with Crippen LogP contribution in [0, 0.1) is 5.41 Å². The minimum atomic E-state index is -0.240. The molecular formula is C16H28N2O. The summed E-state index contributed by atoms with van der Waals surface area (Å²) in [5.41, 5.74) is 2.63. The molecule has 1 unspecified atom stereocenters. The summed E-state index contributed by atoms with van der Waals surface area (Å²) in [6.45, 7) is 8.00. The van der Waals surface area contributed by atoms with Crippen LogP contribution in [-0.4, -0.2) is 31.9 Å². The first-order chi connectivity index (χ1) is 8.80. The van der Waals surface area contributed by atoms with E-state index >= 15 is 0 Å². The van der Waals surface area contributed by atoms with E-state index in [0.717, 1.165) is 19.5 Å². The average Bonchev–Trinajstić information content (AvgIpc) is 2.27. The fraction of sp³-hybridized carbons (Fsp3) is 0.625. The summed E-state index contributed by atoms with van der Waals surface area (Å²) in [6.07, 6.45) is 0.579. The molecule has 0 heterocycles. The first-order valence-corrected chi connectivity index (χ1v) is 6.95. The molecule has 1 rings (SSSR count). The van der Waals surface area contributed by atoms with E-state index in [2.05, 4.69) is 48.3 Å². The molecule has 0 aliphatic heterocycles. The highest BCUT2D eigenvalue weighted by Gasteiger charge is 2.19. The molecule has 1 aromatic carbocycles. The van der Waals surface area contributed by atoms with E-state index in [-0.39, 0.29) is 11.5 Å². The van der Waals surface area contributed by atoms with E-state index in [1.807, 2.05) is 21.0 Å². The molecule has 0 radical (unpaired) electrons. The van der Waals surface area contributed by atoms with E-state index < -0.39 is 0 Å². The van der Waals surface area contributed by atoms with Crippen molar-refractivity contribution in [3.8, 4) is 0 Å². The molecule has 3 heteroatoms. The molecule has 0 aliphatic rings. The number of hydrogen-bond donors (Lipinski definition) is 2. The van der Waals surface area contributed by atoms with Crippen LogP contribution in [0.1, 0.15) is 32.8 Å². The number of aliphatic hydroxyl groups is 1. The van der Waals surface area contributed by atoms with Gasteiger partial charge >= 0.3 is 0 Å². The zero-order chi connectivity index (χ0) is 14.5. The Balaban J connectivity index is 2.40. The van der Waals surface area contributed by atoms with E-state index in [4.69, 9.17) is 0 Å². The highest BCUT2D eigenvalue weighted by molar-refractivity contribution is 5.45. The third-order valence-corrected chi connectivity index (χ3v) is 3.23. The smallest absolute Gasteiger partial charge is 0.0517 e. The zero-order valence-corrected chi connectivity index (χ0v) is 12.9. The van der Waals surface area contributed by atoms with Gasteiger partial charge in [0.2, 0.25) is 0 Å². The Kier molecular flexibility index (Phi) is 5.83. The molecule has 0 fully saturated rings. The van der Waals surface area contributed by atoms with E-state index in [0.29, 0.717) is 0 Å². The second-order valence-electron chi connectivity index (χ2n) is 6.38. The lowest BCUT2D eigenvalue weighted by Gasteiger charge is -2.26. The van der Waals surface area contributed by atoms with Crippen LogP contribution in [0.15, 0.2) is 24.3 Å². The molecule has 0 saturated carbocycles. The number of nitrogens with zero attached hydrogens (tertiary/aromatic N) is 1. The lowest BCUT2D eigenvalue weighted by atomic mass is 9.87. The maximum absolute atomic E-state index is 9.45. The number of anilines is 1. The van der Waals surface area contributed by atoms with Crippen molar-refractivity contribution in [1.82, 2.24) is 5.32 Å². The Morgan fingerprint density at radius 3 is 2.26 bits per heavy atom. The number of rotatable bonds is 7. The van der Waals surface area contributed by atoms with Crippen LogP contribution in [-0.2, 0) is 6.54 Å². The van der Waals surface area contributed by atoms with Gasteiger partial charge in [-0.15, -0.1) is 0 Å². The van der Waals surface area contributed by atoms with Crippen molar-refractivity contribution in [2.24, 2.45) is 5.41 Å². The fourth-order valence-corrected chi connectivity index (χ4v) is 2.33. The summed E-state index contributed by atoms with van der Waals surface area (Å²) >= 11 is 0. The van der Waals surface area contributed by atoms with Crippen LogP contribution >= 0.6 is 0 Å². The quantitative estimate of drug-likeness (QED) is 0.795. The summed E-state index contributed by atoms with van der Waals surface area (Å²) in [7, 11) is 4.09. The first-order valence-electron chi connectivity index (χ1n) is 6.95. The minimum Gasteiger partial charge on any atom is -0.393 e. The van der Waals surface area contributed by atoms with Gasteiger partial charge in [-0.3, -0.25) is 0 Å². The van der Waals surface area contributed by atoms with Gasteiger partial charge in [0, 0.05) is 32.9 Å². The summed E-state index contributed by atoms with van der Waals surface area (Å²) in [4.78, 5) is 2.10. The molecule has 0 spiro atoms. The van der Waals surface area contributed by atoms with Gasteiger partial charge in [0.15, 0.2) is 0 Å². The van der Waals surface area contributed by atoms with Crippen LogP contribution in [0.4, 0.5) is 5.69 Å². The third kappa shape index (κ3) is 6.08. The lowest BCUT2D eigenvalue weighted by Crippen LogP contribution is -2.31. The van der Waals surface area contributed by atoms with Crippen molar-refractivity contribution in [2.45, 2.75) is 39.8 Å². The van der Waals surface area contributed by atoms with Crippen molar-refractivity contribution in [2.75, 3.05) is 25.5 Å². The maximum atomic E-state index is 9.45. The second-order valence-corrected chi connectivity index (χ2v) is 6.38. The Morgan fingerprint density at radius 2 is 1.79 bits per heavy atom. The minimum absolute atomic E-state index is 0.123. The highest BCUT2D eigenvalue weighted by Crippen LogP contribution is 2.21. The third-order valence-electron chi connectivity index (χ3n) is 3.23. The second kappa shape index (κ2) is 6.92. The van der Waals surface area contributed by atoms with Gasteiger partial charge in [-0.2, -0.15) is 0 Å². The summed E-state index contributed by atoms with van der Waals surface area (Å²) in [5.74, 6) is 0. The van der Waals surface area contributed by atoms with Crippen LogP contribution in [0.2, 0.25) is 0 Å². The van der Waals surface area contributed by atoms with Crippen LogP contribution in [0.3, 0.4) is 0 Å². The van der Waals surface area contributed by atoms with E-state index in [1.165, 1.54) is 11.3 Å². The van der Waals surface area contributed by atoms with Gasteiger partial charge in [0.05, 0.1) is 6.10 Å². The van der Waals surface area contributed by atoms with Crippen molar-refractivity contribution in [1.29, 1.82) is 0 Å². The largest absolute Gasteiger partial charge is 0.393 e. The Labute approximate surface area is 117 Å². The van der Waals surface area contributed by atoms with Crippen molar-refractivity contribution < 1.29 is 5.11 Å². The fourth-order valence-electron chi connectivity index (χ4n) is 2.33. The van der Waals surface area contributed by atoms with Crippen molar-refractivity contribution >= 4 is 5.69 Å². The molecule has 1 atom stereocenters. The van der Waals surface area contributed by atoms with Gasteiger partial charge in [0.25, 0.3) is 0 Å². The van der Waals surface area contributed by atoms with Crippen LogP contribution < -0.4 is 10.2 Å². The number of aliphatic hydroxyl groups excluding tert-OH is 1. The normalized spacial score (nSPS) is 13.4. The molecule has 3 nitrogen and oxygen atoms in total. The van der Waals surface area contributed by atoms with Crippen molar-refractivity contribution in [3.05, 3.63) is 29.8 Å². The molecular weight excluding hydrogens is 236 g/mol. The lowest BCUT2D eigenvalue weighted by molar-refractivity contribution is 0.128. The van der Waals surface area contributed by atoms with Crippen molar-refractivity contribution in [3.63, 3.8) is 0 Å². The SMILES string of the molecule is CC(O)CC(C)(C)CNCc1ccc(N(C)C)cc1. The predicted molar refractivity (Wildman–Crippen MR) is 82.6 cm³/mol. The van der Waals surface area contributed by atoms with Gasteiger partial charge in [-0.05, 0) is 36.5 Å². The molecule has 0 amide bonds. The topological polar surface area (TPSA) is 35.5 Å². The zero-order valence-electron chi connectivity index (χ0n) is 12.9. The predicted octanol–water partition coefficient (Wildman–Crippen LogP) is 2.64. The van der Waals surface area contributed by atoms with E-state index in [1.54, 1.807) is 0 Å². The Morgan fingerprint density at radius 1 is 1.21 bits per heavy atom. The molecule has 0 saturated heterocycles. The summed E-state index contributed by atoms with van der Waals surface area (Å²) < 4.78 is 0. The molecule has 2 N–H and O–H groups in total. The van der Waals surface area contributed by atoms with Gasteiger partial charge in [0.1, 0.15) is 0 Å². The first kappa shape index (κ1) is 16.0. The number of hydrogen-bond acceptors (Lipinski definition) is 3. The molecule has 0 bridgehead atoms. The molecule has 19 heavy (non-hydrogen) atoms. The van der Waals surface area contributed by atoms with Crippen LogP contribution in [0.25, 0.3) is 0 Å². The average molecular weight is 264 g/mol. The summed E-state index contributed by atoms with van der Waals surface area (Å²) in [5, 5.41) is 12.9. The Hall–Kier alpha value is -1.06. The van der Waals surface area contributed by atoms with Crippen LogP contribution in [0.5, 0.6) is 0 Å². The molecule has 0 aliphatic carbocycles. The van der Waals surface area contributed by atoms with Gasteiger partial charge in [-0.1, -0.05) is 26.0 Å². The monoisotopic (exact) mass is 264 g/mol. The molecule has 1 aromatic rings. The van der Waals surface area contributed by atoms with Gasteiger partial charge in [-0.25, -0.2) is 0 Å². The van der Waals surface area contributed by atoms with E-state index in [9.17, 15) is 5.11 Å². The Bertz CT molecular complexity index is 369.